The van der Waals surface area contributed by atoms with Crippen LogP contribution < -0.4 is 5.84 Å². The zero-order valence-corrected chi connectivity index (χ0v) is 5.59. The molecule has 4 heteroatoms. The van der Waals surface area contributed by atoms with Gasteiger partial charge in [0.1, 0.15) is 5.84 Å². The van der Waals surface area contributed by atoms with Crippen molar-refractivity contribution in [2.75, 3.05) is 26.7 Å². The summed E-state index contributed by atoms with van der Waals surface area (Å²) < 4.78 is 0. The van der Waals surface area contributed by atoms with Gasteiger partial charge in [-0.1, -0.05) is 0 Å². The summed E-state index contributed by atoms with van der Waals surface area (Å²) in [6.07, 6.45) is 0. The van der Waals surface area contributed by atoms with E-state index in [9.17, 15) is 0 Å². The second kappa shape index (κ2) is 2.33. The molecule has 0 spiro atoms. The highest BCUT2D eigenvalue weighted by Crippen LogP contribution is 1.94. The lowest BCUT2D eigenvalue weighted by Gasteiger charge is -2.30. The first-order valence-corrected chi connectivity index (χ1v) is 2.98. The minimum atomic E-state index is 0.503. The normalized spacial score (nSPS) is 22.9. The molecule has 0 aliphatic carbocycles. The van der Waals surface area contributed by atoms with E-state index in [0.29, 0.717) is 12.4 Å². The van der Waals surface area contributed by atoms with Crippen molar-refractivity contribution in [3.63, 3.8) is 0 Å². The van der Waals surface area contributed by atoms with Gasteiger partial charge in [-0.05, 0) is 7.05 Å². The average molecular weight is 128 g/mol. The van der Waals surface area contributed by atoms with Gasteiger partial charge in [0.15, 0.2) is 0 Å². The van der Waals surface area contributed by atoms with Crippen LogP contribution in [0.4, 0.5) is 0 Å². The zero-order chi connectivity index (χ0) is 6.85. The number of likely N-dealkylation sites (N-methyl/N-ethyl adjacent to an activating group) is 1. The standard InChI is InChI=1S/C5H12N4/c1-8-2-3-9(7)5(6)4-8/h6H,2-4,7H2,1H3. The Labute approximate surface area is 54.7 Å². The van der Waals surface area contributed by atoms with Crippen molar-refractivity contribution in [3.05, 3.63) is 0 Å². The molecule has 1 rings (SSSR count). The Morgan fingerprint density at radius 3 is 2.67 bits per heavy atom. The Hall–Kier alpha value is -0.610. The zero-order valence-electron chi connectivity index (χ0n) is 5.59. The number of hydrogen-bond acceptors (Lipinski definition) is 3. The minimum Gasteiger partial charge on any atom is -0.297 e. The fraction of sp³-hybridized carbons (Fsp3) is 0.800. The third-order valence-corrected chi connectivity index (χ3v) is 1.49. The van der Waals surface area contributed by atoms with Gasteiger partial charge in [0.05, 0.1) is 6.54 Å². The Kier molecular flexibility index (Phi) is 1.68. The van der Waals surface area contributed by atoms with Crippen molar-refractivity contribution in [1.29, 1.82) is 5.41 Å². The van der Waals surface area contributed by atoms with Crippen LogP contribution in [0, 0.1) is 5.41 Å². The number of nitrogens with zero attached hydrogens (tertiary/aromatic N) is 2. The summed E-state index contributed by atoms with van der Waals surface area (Å²) in [7, 11) is 1.99. The number of rotatable bonds is 0. The molecule has 0 aromatic rings. The van der Waals surface area contributed by atoms with Gasteiger partial charge in [-0.15, -0.1) is 0 Å². The fourth-order valence-electron chi connectivity index (χ4n) is 0.839. The van der Waals surface area contributed by atoms with Crippen LogP contribution in [0.5, 0.6) is 0 Å². The summed E-state index contributed by atoms with van der Waals surface area (Å²) in [4.78, 5) is 2.08. The summed E-state index contributed by atoms with van der Waals surface area (Å²) in [6, 6.07) is 0. The first-order chi connectivity index (χ1) is 4.20. The largest absolute Gasteiger partial charge is 0.297 e. The van der Waals surface area contributed by atoms with E-state index >= 15 is 0 Å². The molecule has 1 fully saturated rings. The number of nitrogens with two attached hydrogens (primary N) is 1. The molecular weight excluding hydrogens is 116 g/mol. The number of piperazine rings is 1. The summed E-state index contributed by atoms with van der Waals surface area (Å²) in [5, 5.41) is 8.77. The van der Waals surface area contributed by atoms with Crippen LogP contribution in [0.3, 0.4) is 0 Å². The SMILES string of the molecule is CN1CCN(N)C(=N)C1. The molecule has 1 heterocycles. The average Bonchev–Trinajstić information content (AvgIpc) is 1.80. The molecule has 0 aromatic heterocycles. The quantitative estimate of drug-likeness (QED) is 0.415. The smallest absolute Gasteiger partial charge is 0.125 e. The molecule has 0 atom stereocenters. The number of hydrogen-bond donors (Lipinski definition) is 2. The van der Waals surface area contributed by atoms with Crippen LogP contribution in [0.2, 0.25) is 0 Å². The van der Waals surface area contributed by atoms with Gasteiger partial charge in [0, 0.05) is 13.1 Å². The first-order valence-electron chi connectivity index (χ1n) is 2.98. The molecule has 0 amide bonds. The second-order valence-corrected chi connectivity index (χ2v) is 2.38. The van der Waals surface area contributed by atoms with Gasteiger partial charge in [-0.25, -0.2) is 5.84 Å². The molecule has 0 bridgehead atoms. The van der Waals surface area contributed by atoms with Crippen LogP contribution in [-0.2, 0) is 0 Å². The van der Waals surface area contributed by atoms with Gasteiger partial charge < -0.3 is 0 Å². The maximum absolute atomic E-state index is 7.28. The summed E-state index contributed by atoms with van der Waals surface area (Å²) >= 11 is 0. The lowest BCUT2D eigenvalue weighted by Crippen LogP contribution is -2.51. The van der Waals surface area contributed by atoms with E-state index in [2.05, 4.69) is 4.90 Å². The van der Waals surface area contributed by atoms with E-state index in [0.717, 1.165) is 13.1 Å². The molecule has 52 valence electrons. The van der Waals surface area contributed by atoms with Gasteiger partial charge in [0.25, 0.3) is 0 Å². The Bertz CT molecular complexity index is 122. The van der Waals surface area contributed by atoms with E-state index in [1.54, 1.807) is 0 Å². The molecule has 0 radical (unpaired) electrons. The molecule has 1 saturated heterocycles. The van der Waals surface area contributed by atoms with E-state index in [4.69, 9.17) is 11.3 Å². The molecule has 1 aliphatic rings. The van der Waals surface area contributed by atoms with E-state index in [1.165, 1.54) is 5.01 Å². The molecule has 9 heavy (non-hydrogen) atoms. The van der Waals surface area contributed by atoms with Crippen molar-refractivity contribution in [1.82, 2.24) is 9.91 Å². The van der Waals surface area contributed by atoms with Gasteiger partial charge in [0.2, 0.25) is 0 Å². The van der Waals surface area contributed by atoms with Gasteiger partial charge >= 0.3 is 0 Å². The lowest BCUT2D eigenvalue weighted by atomic mass is 10.4. The predicted octanol–water partition coefficient (Wildman–Crippen LogP) is -0.915. The highest BCUT2D eigenvalue weighted by molar-refractivity contribution is 5.81. The molecule has 0 saturated carbocycles. The van der Waals surface area contributed by atoms with Crippen LogP contribution in [-0.4, -0.2) is 42.4 Å². The third kappa shape index (κ3) is 1.40. The van der Waals surface area contributed by atoms with Crippen molar-refractivity contribution >= 4 is 5.84 Å². The van der Waals surface area contributed by atoms with Gasteiger partial charge in [-0.2, -0.15) is 0 Å². The molecule has 4 nitrogen and oxygen atoms in total. The Morgan fingerprint density at radius 1 is 1.56 bits per heavy atom. The van der Waals surface area contributed by atoms with Crippen molar-refractivity contribution < 1.29 is 0 Å². The lowest BCUT2D eigenvalue weighted by molar-refractivity contribution is 0.266. The Balaban J connectivity index is 2.44. The Morgan fingerprint density at radius 2 is 2.22 bits per heavy atom. The monoisotopic (exact) mass is 128 g/mol. The molecule has 3 N–H and O–H groups in total. The minimum absolute atomic E-state index is 0.503. The molecular formula is C5H12N4. The van der Waals surface area contributed by atoms with Crippen molar-refractivity contribution in [2.45, 2.75) is 0 Å². The van der Waals surface area contributed by atoms with Crippen molar-refractivity contribution in [3.8, 4) is 0 Å². The number of nitrogens with one attached hydrogen (secondary N) is 1. The first kappa shape index (κ1) is 6.51. The molecule has 0 unspecified atom stereocenters. The number of hydrazine groups is 1. The van der Waals surface area contributed by atoms with Crippen LogP contribution >= 0.6 is 0 Å². The summed E-state index contributed by atoms with van der Waals surface area (Å²) in [5.41, 5.74) is 0. The maximum Gasteiger partial charge on any atom is 0.125 e. The fourth-order valence-corrected chi connectivity index (χ4v) is 0.839. The van der Waals surface area contributed by atoms with Crippen molar-refractivity contribution in [2.24, 2.45) is 5.84 Å². The third-order valence-electron chi connectivity index (χ3n) is 1.49. The van der Waals surface area contributed by atoms with E-state index in [-0.39, 0.29) is 0 Å². The predicted molar refractivity (Wildman–Crippen MR) is 36.1 cm³/mol. The molecule has 0 aromatic carbocycles. The van der Waals surface area contributed by atoms with Crippen LogP contribution in [0.15, 0.2) is 0 Å². The number of amidine groups is 1. The maximum atomic E-state index is 7.28. The highest BCUT2D eigenvalue weighted by Gasteiger charge is 2.14. The van der Waals surface area contributed by atoms with Crippen LogP contribution in [0.1, 0.15) is 0 Å². The van der Waals surface area contributed by atoms with E-state index in [1.807, 2.05) is 7.05 Å². The van der Waals surface area contributed by atoms with E-state index < -0.39 is 0 Å². The topological polar surface area (TPSA) is 56.4 Å². The summed E-state index contributed by atoms with van der Waals surface area (Å²) in [6.45, 7) is 2.41. The van der Waals surface area contributed by atoms with Crippen LogP contribution in [0.25, 0.3) is 0 Å². The van der Waals surface area contributed by atoms with Gasteiger partial charge in [-0.3, -0.25) is 15.3 Å². The summed E-state index contributed by atoms with van der Waals surface area (Å²) in [5.74, 6) is 5.93. The highest BCUT2D eigenvalue weighted by atomic mass is 15.5. The molecule has 1 aliphatic heterocycles. The second-order valence-electron chi connectivity index (χ2n) is 2.38.